The van der Waals surface area contributed by atoms with Crippen LogP contribution in [0.1, 0.15) is 6.42 Å². The number of aromatic nitrogens is 1. The Morgan fingerprint density at radius 2 is 2.17 bits per heavy atom. The first-order valence-corrected chi connectivity index (χ1v) is 10.5. The summed E-state index contributed by atoms with van der Waals surface area (Å²) in [6, 6.07) is 5.47. The van der Waals surface area contributed by atoms with E-state index < -0.39 is 28.2 Å². The molecular formula is C18H20FN5O5S. The molecule has 0 bridgehead atoms. The van der Waals surface area contributed by atoms with E-state index >= 15 is 0 Å². The average molecular weight is 437 g/mol. The maximum Gasteiger partial charge on any atom is 0.350 e. The van der Waals surface area contributed by atoms with Gasteiger partial charge in [-0.15, -0.1) is 0 Å². The van der Waals surface area contributed by atoms with Crippen molar-refractivity contribution in [1.29, 1.82) is 0 Å². The number of anilines is 2. The highest BCUT2D eigenvalue weighted by Crippen LogP contribution is 2.33. The van der Waals surface area contributed by atoms with Crippen molar-refractivity contribution in [3.8, 4) is 5.75 Å². The number of amides is 2. The lowest BCUT2D eigenvalue weighted by atomic mass is 10.2. The highest BCUT2D eigenvalue weighted by Gasteiger charge is 2.48. The van der Waals surface area contributed by atoms with Crippen molar-refractivity contribution in [2.75, 3.05) is 30.5 Å². The Labute approximate surface area is 172 Å². The molecule has 1 aromatic heterocycles. The number of rotatable bonds is 4. The molecule has 1 aromatic carbocycles. The number of halogens is 1. The van der Waals surface area contributed by atoms with Crippen LogP contribution in [0.4, 0.5) is 20.6 Å². The number of hydroxylamine groups is 1. The van der Waals surface area contributed by atoms with Gasteiger partial charge in [0.25, 0.3) is 10.2 Å². The van der Waals surface area contributed by atoms with Crippen molar-refractivity contribution in [2.24, 2.45) is 0 Å². The van der Waals surface area contributed by atoms with E-state index in [4.69, 9.17) is 4.74 Å². The summed E-state index contributed by atoms with van der Waals surface area (Å²) in [5.41, 5.74) is 0.212. The molecule has 0 aliphatic carbocycles. The summed E-state index contributed by atoms with van der Waals surface area (Å²) >= 11 is 0. The lowest BCUT2D eigenvalue weighted by Crippen LogP contribution is -2.34. The average Bonchev–Trinajstić information content (AvgIpc) is 3.18. The van der Waals surface area contributed by atoms with Crippen LogP contribution in [0, 0.1) is 5.82 Å². The van der Waals surface area contributed by atoms with Crippen LogP contribution >= 0.6 is 0 Å². The van der Waals surface area contributed by atoms with Crippen LogP contribution in [-0.4, -0.2) is 65.5 Å². The molecular weight excluding hydrogens is 417 g/mol. The molecule has 0 saturated carbocycles. The van der Waals surface area contributed by atoms with Gasteiger partial charge in [-0.1, -0.05) is 0 Å². The number of ether oxygens (including phenoxy) is 1. The summed E-state index contributed by atoms with van der Waals surface area (Å²) in [6.07, 6.45) is 2.91. The van der Waals surface area contributed by atoms with Gasteiger partial charge < -0.3 is 10.1 Å². The van der Waals surface area contributed by atoms with Gasteiger partial charge in [-0.3, -0.25) is 10.2 Å². The lowest BCUT2D eigenvalue weighted by Gasteiger charge is -2.19. The largest absolute Gasteiger partial charge is 0.489 e. The third-order valence-electron chi connectivity index (χ3n) is 4.99. The predicted octanol–water partition coefficient (Wildman–Crippen LogP) is 1.66. The van der Waals surface area contributed by atoms with Crippen LogP contribution < -0.4 is 15.1 Å². The second-order valence-electron chi connectivity index (χ2n) is 7.12. The maximum atomic E-state index is 14.1. The number of urea groups is 1. The van der Waals surface area contributed by atoms with Crippen molar-refractivity contribution < 1.29 is 27.5 Å². The number of fused-ring (bicyclic) bond motifs is 1. The quantitative estimate of drug-likeness (QED) is 0.555. The summed E-state index contributed by atoms with van der Waals surface area (Å²) in [7, 11) is -1.97. The zero-order valence-electron chi connectivity index (χ0n) is 16.0. The van der Waals surface area contributed by atoms with E-state index in [0.717, 1.165) is 12.1 Å². The molecule has 2 saturated heterocycles. The molecule has 2 aromatic rings. The summed E-state index contributed by atoms with van der Waals surface area (Å²) in [5.74, 6) is -0.642. The van der Waals surface area contributed by atoms with E-state index in [1.807, 2.05) is 0 Å². The van der Waals surface area contributed by atoms with Gasteiger partial charge in [0.1, 0.15) is 17.7 Å². The minimum absolute atomic E-state index is 0.0788. The maximum absolute atomic E-state index is 14.1. The van der Waals surface area contributed by atoms with Crippen LogP contribution in [0.2, 0.25) is 0 Å². The molecule has 3 heterocycles. The van der Waals surface area contributed by atoms with E-state index in [0.29, 0.717) is 18.7 Å². The highest BCUT2D eigenvalue weighted by atomic mass is 32.2. The summed E-state index contributed by atoms with van der Waals surface area (Å²) < 4.78 is 47.0. The molecule has 2 atom stereocenters. The van der Waals surface area contributed by atoms with E-state index in [1.165, 1.54) is 34.1 Å². The molecule has 2 aliphatic rings. The minimum Gasteiger partial charge on any atom is -0.489 e. The lowest BCUT2D eigenvalue weighted by molar-refractivity contribution is 0.208. The number of hydrogen-bond donors (Lipinski definition) is 2. The first kappa shape index (κ1) is 20.5. The van der Waals surface area contributed by atoms with Gasteiger partial charge in [0.05, 0.1) is 24.1 Å². The Bertz CT molecular complexity index is 1050. The molecule has 2 fully saturated rings. The molecule has 30 heavy (non-hydrogen) atoms. The van der Waals surface area contributed by atoms with Gasteiger partial charge in [-0.2, -0.15) is 22.1 Å². The smallest absolute Gasteiger partial charge is 0.350 e. The Morgan fingerprint density at radius 3 is 2.87 bits per heavy atom. The van der Waals surface area contributed by atoms with Crippen molar-refractivity contribution in [1.82, 2.24) is 13.6 Å². The second-order valence-corrected chi connectivity index (χ2v) is 9.10. The van der Waals surface area contributed by atoms with Gasteiger partial charge in [-0.05, 0) is 12.1 Å². The number of hydrogen-bond acceptors (Lipinski definition) is 6. The fourth-order valence-electron chi connectivity index (χ4n) is 3.61. The first-order chi connectivity index (χ1) is 14.2. The van der Waals surface area contributed by atoms with E-state index in [9.17, 15) is 22.8 Å². The molecule has 12 heteroatoms. The monoisotopic (exact) mass is 437 g/mol. The zero-order valence-corrected chi connectivity index (χ0v) is 16.8. The van der Waals surface area contributed by atoms with Crippen LogP contribution in [0.15, 0.2) is 42.7 Å². The van der Waals surface area contributed by atoms with Gasteiger partial charge in [0.2, 0.25) is 0 Å². The molecule has 0 spiro atoms. The van der Waals surface area contributed by atoms with E-state index in [1.54, 1.807) is 12.1 Å². The Kier molecular flexibility index (Phi) is 5.32. The summed E-state index contributed by atoms with van der Waals surface area (Å²) in [5, 5.41) is 12.9. The number of pyridine rings is 1. The predicted molar refractivity (Wildman–Crippen MR) is 105 cm³/mol. The molecule has 2 N–H and O–H groups in total. The number of likely N-dealkylation sites (N-methyl/N-ethyl adjacent to an activating group) is 1. The number of carbonyl (C=O) groups excluding carboxylic acids is 1. The van der Waals surface area contributed by atoms with Gasteiger partial charge in [0.15, 0.2) is 0 Å². The van der Waals surface area contributed by atoms with Gasteiger partial charge in [0, 0.05) is 50.5 Å². The minimum atomic E-state index is -3.49. The number of nitrogens with zero attached hydrogens (tertiary/aromatic N) is 4. The van der Waals surface area contributed by atoms with Gasteiger partial charge >= 0.3 is 6.03 Å². The molecule has 4 rings (SSSR count). The molecule has 10 nitrogen and oxygen atoms in total. The SMILES string of the molecule is CN1C[C@@H]2C[C@@H](Oc3cc(F)cc(N(O)C(=O)Nc4cccnc4)c3)CN2S1(=O)=O. The fourth-order valence-corrected chi connectivity index (χ4v) is 5.21. The molecule has 160 valence electrons. The van der Waals surface area contributed by atoms with E-state index in [-0.39, 0.29) is 29.1 Å². The summed E-state index contributed by atoms with van der Waals surface area (Å²) in [6.45, 7) is 0.517. The third-order valence-corrected chi connectivity index (χ3v) is 6.97. The van der Waals surface area contributed by atoms with Crippen molar-refractivity contribution >= 4 is 27.6 Å². The number of carbonyl (C=O) groups is 1. The number of nitrogens with one attached hydrogen (secondary N) is 1. The van der Waals surface area contributed by atoms with Gasteiger partial charge in [-0.25, -0.2) is 9.18 Å². The fraction of sp³-hybridized carbons (Fsp3) is 0.333. The van der Waals surface area contributed by atoms with E-state index in [2.05, 4.69) is 10.3 Å². The molecule has 0 unspecified atom stereocenters. The van der Waals surface area contributed by atoms with Crippen molar-refractivity contribution in [3.63, 3.8) is 0 Å². The zero-order chi connectivity index (χ0) is 21.5. The third kappa shape index (κ3) is 3.94. The molecule has 2 aliphatic heterocycles. The van der Waals surface area contributed by atoms with Crippen molar-refractivity contribution in [3.05, 3.63) is 48.5 Å². The van der Waals surface area contributed by atoms with Crippen LogP contribution in [0.3, 0.4) is 0 Å². The van der Waals surface area contributed by atoms with Crippen molar-refractivity contribution in [2.45, 2.75) is 18.6 Å². The summed E-state index contributed by atoms with van der Waals surface area (Å²) in [4.78, 5) is 16.1. The number of benzene rings is 1. The van der Waals surface area contributed by atoms with Crippen LogP contribution in [-0.2, 0) is 10.2 Å². The molecule has 2 amide bonds. The highest BCUT2D eigenvalue weighted by molar-refractivity contribution is 7.87. The first-order valence-electron chi connectivity index (χ1n) is 9.14. The Balaban J connectivity index is 1.45. The molecule has 0 radical (unpaired) electrons. The topological polar surface area (TPSA) is 115 Å². The normalized spacial score (nSPS) is 23.2. The second kappa shape index (κ2) is 7.80. The Hall–Kier alpha value is -2.80. The Morgan fingerprint density at radius 1 is 1.37 bits per heavy atom. The van der Waals surface area contributed by atoms with Crippen LogP contribution in [0.25, 0.3) is 0 Å². The van der Waals surface area contributed by atoms with Crippen LogP contribution in [0.5, 0.6) is 5.75 Å². The standard InChI is InChI=1S/C18H20FN5O5S/c1-22-10-15-8-17(11-23(15)30(22,27)28)29-16-6-12(19)5-14(7-16)24(26)18(25)21-13-3-2-4-20-9-13/h2-7,9,15,17,26H,8,10-11H2,1H3,(H,21,25)/t15-,17+/m0/s1.